The van der Waals surface area contributed by atoms with Gasteiger partial charge in [0, 0.05) is 46.2 Å². The summed E-state index contributed by atoms with van der Waals surface area (Å²) < 4.78 is 7.38. The number of Topliss-reactive ketones (excluding diaryl/α,β-unsaturated/α-hetero) is 1. The maximum atomic E-state index is 12.5. The highest BCUT2D eigenvalue weighted by atomic mass is 16.5. The van der Waals surface area contributed by atoms with Gasteiger partial charge in [-0.05, 0) is 44.9 Å². The van der Waals surface area contributed by atoms with Gasteiger partial charge in [-0.25, -0.2) is 4.79 Å². The van der Waals surface area contributed by atoms with Crippen molar-refractivity contribution in [2.45, 2.75) is 32.7 Å². The van der Waals surface area contributed by atoms with Crippen LogP contribution in [0.2, 0.25) is 0 Å². The molecule has 0 saturated heterocycles. The number of ether oxygens (including phenoxy) is 1. The van der Waals surface area contributed by atoms with Crippen LogP contribution >= 0.6 is 0 Å². The highest BCUT2D eigenvalue weighted by Gasteiger charge is 2.28. The molecule has 0 atom stereocenters. The van der Waals surface area contributed by atoms with Crippen LogP contribution < -0.4 is 0 Å². The number of carbonyl (C=O) groups is 2. The zero-order chi connectivity index (χ0) is 19.7. The molecule has 0 spiro atoms. The number of pyridine rings is 1. The maximum absolute atomic E-state index is 12.5. The van der Waals surface area contributed by atoms with Gasteiger partial charge in [0.25, 0.3) is 0 Å². The molecule has 0 radical (unpaired) electrons. The largest absolute Gasteiger partial charge is 0.454 e. The summed E-state index contributed by atoms with van der Waals surface area (Å²) in [5.41, 5.74) is 4.32. The quantitative estimate of drug-likeness (QED) is 0.364. The summed E-state index contributed by atoms with van der Waals surface area (Å²) in [5, 5.41) is 0.999. The molecule has 1 aliphatic rings. The molecule has 2 heterocycles. The van der Waals surface area contributed by atoms with E-state index in [9.17, 15) is 9.59 Å². The van der Waals surface area contributed by atoms with Gasteiger partial charge in [0.05, 0.1) is 5.52 Å². The molecule has 3 aromatic rings. The lowest BCUT2D eigenvalue weighted by Gasteiger charge is -2.07. The van der Waals surface area contributed by atoms with E-state index in [0.717, 1.165) is 40.7 Å². The number of hydrogen-bond donors (Lipinski definition) is 0. The molecule has 142 valence electrons. The number of nitrogens with zero attached hydrogens (tertiary/aromatic N) is 2. The van der Waals surface area contributed by atoms with Crippen LogP contribution in [0.25, 0.3) is 17.0 Å². The normalized spacial score (nSPS) is 13.9. The van der Waals surface area contributed by atoms with Gasteiger partial charge in [-0.3, -0.25) is 9.78 Å². The number of para-hydroxylation sites is 1. The fourth-order valence-corrected chi connectivity index (χ4v) is 3.64. The number of hydrogen-bond acceptors (Lipinski definition) is 4. The summed E-state index contributed by atoms with van der Waals surface area (Å²) >= 11 is 0. The van der Waals surface area contributed by atoms with E-state index in [2.05, 4.69) is 9.55 Å². The van der Waals surface area contributed by atoms with E-state index in [1.165, 1.54) is 6.08 Å². The average Bonchev–Trinajstić information content (AvgIpc) is 3.49. The van der Waals surface area contributed by atoms with Crippen molar-refractivity contribution in [2.75, 3.05) is 6.61 Å². The van der Waals surface area contributed by atoms with Gasteiger partial charge in [0.1, 0.15) is 0 Å². The van der Waals surface area contributed by atoms with Gasteiger partial charge in [-0.1, -0.05) is 24.3 Å². The summed E-state index contributed by atoms with van der Waals surface area (Å²) in [7, 11) is 0. The van der Waals surface area contributed by atoms with Gasteiger partial charge in [-0.15, -0.1) is 0 Å². The average molecular weight is 374 g/mol. The number of fused-ring (bicyclic) bond motifs is 1. The van der Waals surface area contributed by atoms with Crippen molar-refractivity contribution in [3.63, 3.8) is 0 Å². The SMILES string of the molecule is Cc1cc(C(=O)COC(=O)/C=C/c2cccc3cccnc23)c(C)n1C1CC1. The lowest BCUT2D eigenvalue weighted by atomic mass is 10.1. The van der Waals surface area contributed by atoms with Crippen LogP contribution in [0.5, 0.6) is 0 Å². The van der Waals surface area contributed by atoms with Gasteiger partial charge in [0.2, 0.25) is 5.78 Å². The molecule has 1 aromatic carbocycles. The van der Waals surface area contributed by atoms with E-state index in [1.807, 2.05) is 50.2 Å². The monoisotopic (exact) mass is 374 g/mol. The predicted octanol–water partition coefficient (Wildman–Crippen LogP) is 4.43. The molecule has 0 unspecified atom stereocenters. The molecule has 0 amide bonds. The molecule has 0 N–H and O–H groups in total. The van der Waals surface area contributed by atoms with Gasteiger partial charge >= 0.3 is 5.97 Å². The molecular weight excluding hydrogens is 352 g/mol. The Kier molecular flexibility index (Phi) is 4.82. The lowest BCUT2D eigenvalue weighted by Crippen LogP contribution is -2.13. The minimum atomic E-state index is -0.544. The molecule has 1 aliphatic carbocycles. The van der Waals surface area contributed by atoms with E-state index in [1.54, 1.807) is 12.3 Å². The second-order valence-electron chi connectivity index (χ2n) is 7.17. The summed E-state index contributed by atoms with van der Waals surface area (Å²) in [6.07, 6.45) is 7.04. The van der Waals surface area contributed by atoms with Crippen LogP contribution in [-0.2, 0) is 9.53 Å². The summed E-state index contributed by atoms with van der Waals surface area (Å²) in [4.78, 5) is 28.9. The first kappa shape index (κ1) is 18.2. The van der Waals surface area contributed by atoms with Gasteiger partial charge < -0.3 is 9.30 Å². The zero-order valence-electron chi connectivity index (χ0n) is 16.0. The van der Waals surface area contributed by atoms with Gasteiger partial charge in [-0.2, -0.15) is 0 Å². The topological polar surface area (TPSA) is 61.2 Å². The predicted molar refractivity (Wildman–Crippen MR) is 108 cm³/mol. The molecule has 0 aliphatic heterocycles. The standard InChI is InChI=1S/C23H22N2O3/c1-15-13-20(16(2)25(15)19-9-10-19)21(26)14-28-22(27)11-8-18-6-3-5-17-7-4-12-24-23(17)18/h3-8,11-13,19H,9-10,14H2,1-2H3/b11-8+. The van der Waals surface area contributed by atoms with Crippen molar-refractivity contribution >= 4 is 28.7 Å². The molecule has 28 heavy (non-hydrogen) atoms. The second kappa shape index (κ2) is 7.43. The van der Waals surface area contributed by atoms with E-state index < -0.39 is 5.97 Å². The molecule has 1 saturated carbocycles. The van der Waals surface area contributed by atoms with Crippen LogP contribution in [0.4, 0.5) is 0 Å². The van der Waals surface area contributed by atoms with Crippen molar-refractivity contribution in [3.8, 4) is 0 Å². The maximum Gasteiger partial charge on any atom is 0.331 e. The number of carbonyl (C=O) groups excluding carboxylic acids is 2. The second-order valence-corrected chi connectivity index (χ2v) is 7.17. The molecule has 5 nitrogen and oxygen atoms in total. The van der Waals surface area contributed by atoms with Gasteiger partial charge in [0.15, 0.2) is 6.61 Å². The van der Waals surface area contributed by atoms with Crippen LogP contribution in [0, 0.1) is 13.8 Å². The molecule has 4 rings (SSSR count). The zero-order valence-corrected chi connectivity index (χ0v) is 16.0. The Morgan fingerprint density at radius 1 is 1.21 bits per heavy atom. The van der Waals surface area contributed by atoms with Crippen molar-refractivity contribution in [1.82, 2.24) is 9.55 Å². The van der Waals surface area contributed by atoms with Crippen molar-refractivity contribution in [1.29, 1.82) is 0 Å². The Bertz CT molecular complexity index is 1090. The highest BCUT2D eigenvalue weighted by molar-refractivity contribution is 6.00. The first-order chi connectivity index (χ1) is 13.5. The third-order valence-corrected chi connectivity index (χ3v) is 5.11. The Hall–Kier alpha value is -3.21. The Balaban J connectivity index is 1.41. The number of aromatic nitrogens is 2. The van der Waals surface area contributed by atoms with Crippen LogP contribution in [0.3, 0.4) is 0 Å². The number of benzene rings is 1. The third kappa shape index (κ3) is 3.60. The van der Waals surface area contributed by atoms with E-state index in [0.29, 0.717) is 11.6 Å². The molecule has 1 fully saturated rings. The third-order valence-electron chi connectivity index (χ3n) is 5.11. The first-order valence-electron chi connectivity index (χ1n) is 9.45. The highest BCUT2D eigenvalue weighted by Crippen LogP contribution is 2.38. The molecular formula is C23H22N2O3. The Labute approximate surface area is 163 Å². The van der Waals surface area contributed by atoms with E-state index >= 15 is 0 Å². The Morgan fingerprint density at radius 2 is 2.00 bits per heavy atom. The summed E-state index contributed by atoms with van der Waals surface area (Å²) in [6.45, 7) is 3.70. The molecule has 5 heteroatoms. The number of aryl methyl sites for hydroxylation is 1. The van der Waals surface area contributed by atoms with Crippen LogP contribution in [0.15, 0.2) is 48.7 Å². The minimum absolute atomic E-state index is 0.173. The van der Waals surface area contributed by atoms with Crippen molar-refractivity contribution in [2.24, 2.45) is 0 Å². The van der Waals surface area contributed by atoms with Crippen LogP contribution in [-0.4, -0.2) is 27.9 Å². The Morgan fingerprint density at radius 3 is 2.79 bits per heavy atom. The van der Waals surface area contributed by atoms with Crippen LogP contribution in [0.1, 0.15) is 46.2 Å². The van der Waals surface area contributed by atoms with E-state index in [4.69, 9.17) is 4.74 Å². The molecule has 2 aromatic heterocycles. The molecule has 0 bridgehead atoms. The smallest absolute Gasteiger partial charge is 0.331 e. The number of esters is 1. The fourth-order valence-electron chi connectivity index (χ4n) is 3.64. The minimum Gasteiger partial charge on any atom is -0.454 e. The number of ketones is 1. The summed E-state index contributed by atoms with van der Waals surface area (Å²) in [5.74, 6) is -0.717. The fraction of sp³-hybridized carbons (Fsp3) is 0.261. The lowest BCUT2D eigenvalue weighted by molar-refractivity contribution is -0.136. The van der Waals surface area contributed by atoms with E-state index in [-0.39, 0.29) is 12.4 Å². The number of rotatable bonds is 6. The first-order valence-corrected chi connectivity index (χ1v) is 9.45. The van der Waals surface area contributed by atoms with Crippen molar-refractivity contribution < 1.29 is 14.3 Å². The van der Waals surface area contributed by atoms with Crippen molar-refractivity contribution in [3.05, 3.63) is 71.2 Å². The summed E-state index contributed by atoms with van der Waals surface area (Å²) in [6, 6.07) is 12.0.